The standard InChI is InChI=1S/C48H59ClFN9O7/c49-38-26-33(4-7-39(38)50)54-45-37-28-42(66-22-2-13-56-19-23-64-24-20-56)43(29-40(37)52-30-53-45)65-21-1-3-32-25-31(10-12-51-32)11-14-57-15-17-58(18-16-57)34-5-6-35-36(27-34)48(63)59(47(35)62)41-8-9-44(60)55-46(41)61/h4-7,26-32,35-36,41,51H,1-3,8-25H2,(H,52,53,54)(H,55,60,61). The second-order valence-corrected chi connectivity index (χ2v) is 18.5. The maximum Gasteiger partial charge on any atom is 0.249 e. The molecule has 6 heterocycles. The Morgan fingerprint density at radius 2 is 1.64 bits per heavy atom. The van der Waals surface area contributed by atoms with E-state index < -0.39 is 29.6 Å². The molecule has 0 bridgehead atoms. The minimum Gasteiger partial charge on any atom is -0.490 e. The molecule has 5 fully saturated rings. The van der Waals surface area contributed by atoms with Crippen molar-refractivity contribution >= 4 is 57.6 Å². The Bertz CT molecular complexity index is 2340. The second-order valence-electron chi connectivity index (χ2n) is 18.1. The van der Waals surface area contributed by atoms with Gasteiger partial charge in [0.2, 0.25) is 23.6 Å². The highest BCUT2D eigenvalue weighted by Gasteiger charge is 2.51. The summed E-state index contributed by atoms with van der Waals surface area (Å²) in [5.41, 5.74) is 2.24. The van der Waals surface area contributed by atoms with E-state index in [9.17, 15) is 23.6 Å². The number of amides is 4. The van der Waals surface area contributed by atoms with Gasteiger partial charge in [0.25, 0.3) is 0 Å². The Morgan fingerprint density at radius 1 is 0.864 bits per heavy atom. The van der Waals surface area contributed by atoms with Crippen molar-refractivity contribution in [3.63, 3.8) is 0 Å². The van der Waals surface area contributed by atoms with Gasteiger partial charge < -0.3 is 29.7 Å². The molecule has 9 rings (SSSR count). The Balaban J connectivity index is 0.738. The van der Waals surface area contributed by atoms with Gasteiger partial charge in [-0.2, -0.15) is 0 Å². The third-order valence-electron chi connectivity index (χ3n) is 13.8. The average Bonchev–Trinajstić information content (AvgIpc) is 3.58. The van der Waals surface area contributed by atoms with Crippen molar-refractivity contribution in [3.05, 3.63) is 71.4 Å². The fourth-order valence-electron chi connectivity index (χ4n) is 10.1. The largest absolute Gasteiger partial charge is 0.490 e. The first-order valence-electron chi connectivity index (χ1n) is 23.5. The first-order valence-corrected chi connectivity index (χ1v) is 23.9. The number of carbonyl (C=O) groups excluding carboxylic acids is 4. The number of carbonyl (C=O) groups is 4. The van der Waals surface area contributed by atoms with Crippen LogP contribution >= 0.6 is 11.6 Å². The predicted molar refractivity (Wildman–Crippen MR) is 246 cm³/mol. The molecule has 0 saturated carbocycles. The number of aromatic nitrogens is 2. The number of nitrogens with one attached hydrogen (secondary N) is 3. The van der Waals surface area contributed by atoms with Gasteiger partial charge in [-0.15, -0.1) is 0 Å². The molecule has 5 unspecified atom stereocenters. The molecular formula is C48H59ClFN9O7. The van der Waals surface area contributed by atoms with Gasteiger partial charge in [0.05, 0.1) is 48.8 Å². The number of halogens is 2. The summed E-state index contributed by atoms with van der Waals surface area (Å²) in [6.45, 7) is 10.9. The minimum absolute atomic E-state index is 0.0185. The maximum atomic E-state index is 13.9. The third-order valence-corrected chi connectivity index (χ3v) is 14.1. The van der Waals surface area contributed by atoms with Gasteiger partial charge in [-0.3, -0.25) is 39.2 Å². The summed E-state index contributed by atoms with van der Waals surface area (Å²) < 4.78 is 32.2. The van der Waals surface area contributed by atoms with E-state index in [4.69, 9.17) is 25.8 Å². The quantitative estimate of drug-likeness (QED) is 0.126. The number of allylic oxidation sites excluding steroid dienone is 1. The number of benzene rings is 2. The topological polar surface area (TPSA) is 171 Å². The van der Waals surface area contributed by atoms with Crippen molar-refractivity contribution in [1.29, 1.82) is 0 Å². The van der Waals surface area contributed by atoms with Crippen LogP contribution in [0.1, 0.15) is 51.4 Å². The van der Waals surface area contributed by atoms with E-state index in [1.54, 1.807) is 6.07 Å². The van der Waals surface area contributed by atoms with Gasteiger partial charge >= 0.3 is 0 Å². The number of ether oxygens (including phenoxy) is 3. The van der Waals surface area contributed by atoms with Crippen LogP contribution in [0, 0.1) is 23.6 Å². The van der Waals surface area contributed by atoms with E-state index in [1.165, 1.54) is 18.5 Å². The molecule has 66 heavy (non-hydrogen) atoms. The summed E-state index contributed by atoms with van der Waals surface area (Å²) >= 11 is 6.06. The smallest absolute Gasteiger partial charge is 0.249 e. The Labute approximate surface area is 389 Å². The van der Waals surface area contributed by atoms with Crippen molar-refractivity contribution < 1.29 is 37.8 Å². The summed E-state index contributed by atoms with van der Waals surface area (Å²) in [7, 11) is 0. The molecular weight excluding hydrogens is 869 g/mol. The molecule has 3 aromatic rings. The molecule has 5 atom stereocenters. The van der Waals surface area contributed by atoms with Crippen molar-refractivity contribution in [3.8, 4) is 11.5 Å². The van der Waals surface area contributed by atoms with Gasteiger partial charge in [-0.25, -0.2) is 14.4 Å². The molecule has 2 aromatic carbocycles. The number of rotatable bonds is 17. The van der Waals surface area contributed by atoms with E-state index in [2.05, 4.69) is 40.6 Å². The van der Waals surface area contributed by atoms with Crippen molar-refractivity contribution in [1.82, 2.24) is 40.2 Å². The molecule has 18 heteroatoms. The highest BCUT2D eigenvalue weighted by Crippen LogP contribution is 2.38. The molecule has 1 aliphatic carbocycles. The summed E-state index contributed by atoms with van der Waals surface area (Å²) in [4.78, 5) is 68.2. The van der Waals surface area contributed by atoms with Crippen molar-refractivity contribution in [2.45, 2.75) is 63.5 Å². The van der Waals surface area contributed by atoms with Crippen LogP contribution in [0.15, 0.2) is 60.6 Å². The highest BCUT2D eigenvalue weighted by molar-refractivity contribution is 6.31. The molecule has 5 saturated heterocycles. The SMILES string of the molecule is O=C1CCC(N2C(=O)C3C=CC(N4CCN(CCC5CCNC(CCCOc6cc7ncnc(Nc8ccc(F)c(Cl)c8)c7cc6OCCCN6CCOCC6)C5)CC4)=CC3C2=O)C(=O)N1. The van der Waals surface area contributed by atoms with Crippen LogP contribution in [-0.4, -0.2) is 151 Å². The van der Waals surface area contributed by atoms with E-state index in [0.29, 0.717) is 53.7 Å². The molecule has 4 amide bonds. The second kappa shape index (κ2) is 21.2. The zero-order chi connectivity index (χ0) is 45.6. The van der Waals surface area contributed by atoms with E-state index >= 15 is 0 Å². The first-order chi connectivity index (χ1) is 32.2. The zero-order valence-corrected chi connectivity index (χ0v) is 38.0. The number of hydrogen-bond donors (Lipinski definition) is 3. The van der Waals surface area contributed by atoms with Crippen LogP contribution < -0.4 is 25.4 Å². The number of anilines is 2. The van der Waals surface area contributed by atoms with Crippen LogP contribution in [0.2, 0.25) is 5.02 Å². The fourth-order valence-corrected chi connectivity index (χ4v) is 10.3. The summed E-state index contributed by atoms with van der Waals surface area (Å²) in [5.74, 6) is -0.981. The first kappa shape index (κ1) is 45.9. The van der Waals surface area contributed by atoms with Gasteiger partial charge in [0.1, 0.15) is 24.0 Å². The normalized spacial score (nSPS) is 25.2. The lowest BCUT2D eigenvalue weighted by Crippen LogP contribution is -2.54. The Kier molecular flexibility index (Phi) is 14.7. The molecule has 6 aliphatic rings. The lowest BCUT2D eigenvalue weighted by atomic mass is 9.88. The molecule has 3 N–H and O–H groups in total. The third kappa shape index (κ3) is 10.8. The van der Waals surface area contributed by atoms with Crippen LogP contribution in [0.4, 0.5) is 15.9 Å². The minimum atomic E-state index is -0.934. The van der Waals surface area contributed by atoms with Gasteiger partial charge in [-0.1, -0.05) is 17.7 Å². The van der Waals surface area contributed by atoms with E-state index in [0.717, 1.165) is 127 Å². The average molecular weight is 929 g/mol. The molecule has 0 radical (unpaired) electrons. The predicted octanol–water partition coefficient (Wildman–Crippen LogP) is 4.66. The molecule has 1 aromatic heterocycles. The Morgan fingerprint density at radius 3 is 2.44 bits per heavy atom. The summed E-state index contributed by atoms with van der Waals surface area (Å²) in [6, 6.07) is 7.76. The highest BCUT2D eigenvalue weighted by atomic mass is 35.5. The van der Waals surface area contributed by atoms with Gasteiger partial charge in [-0.05, 0) is 100 Å². The summed E-state index contributed by atoms with van der Waals surface area (Å²) in [5, 5.41) is 10.0. The number of fused-ring (bicyclic) bond motifs is 2. The number of hydrogen-bond acceptors (Lipinski definition) is 14. The molecule has 0 spiro atoms. The number of morpholine rings is 1. The number of likely N-dealkylation sites (tertiary alicyclic amines) is 1. The number of imide groups is 2. The van der Waals surface area contributed by atoms with Gasteiger partial charge in [0.15, 0.2) is 11.5 Å². The fraction of sp³-hybridized carbons (Fsp3) is 0.542. The van der Waals surface area contributed by atoms with Crippen LogP contribution in [-0.2, 0) is 23.9 Å². The lowest BCUT2D eigenvalue weighted by Gasteiger charge is -2.38. The number of piperazine rings is 1. The zero-order valence-electron chi connectivity index (χ0n) is 37.2. The summed E-state index contributed by atoms with van der Waals surface area (Å²) in [6.07, 6.45) is 13.6. The molecule has 16 nitrogen and oxygen atoms in total. The molecule has 5 aliphatic heterocycles. The monoisotopic (exact) mass is 927 g/mol. The van der Waals surface area contributed by atoms with E-state index in [1.807, 2.05) is 30.4 Å². The Hall–Kier alpha value is -5.20. The number of nitrogens with zero attached hydrogens (tertiary/aromatic N) is 6. The van der Waals surface area contributed by atoms with Crippen LogP contribution in [0.5, 0.6) is 11.5 Å². The number of piperidine rings is 2. The van der Waals surface area contributed by atoms with Crippen LogP contribution in [0.3, 0.4) is 0 Å². The van der Waals surface area contributed by atoms with Crippen molar-refractivity contribution in [2.24, 2.45) is 17.8 Å². The molecule has 352 valence electrons. The van der Waals surface area contributed by atoms with Crippen molar-refractivity contribution in [2.75, 3.05) is 90.6 Å². The lowest BCUT2D eigenvalue weighted by molar-refractivity contribution is -0.151. The van der Waals surface area contributed by atoms with Crippen LogP contribution in [0.25, 0.3) is 10.9 Å². The van der Waals surface area contributed by atoms with E-state index in [-0.39, 0.29) is 35.6 Å². The maximum absolute atomic E-state index is 13.9. The van der Waals surface area contributed by atoms with Gasteiger partial charge in [0, 0.05) is 81.1 Å².